The Kier molecular flexibility index (Phi) is 3.10. The Morgan fingerprint density at radius 1 is 1.29 bits per heavy atom. The van der Waals surface area contributed by atoms with Crippen molar-refractivity contribution in [2.24, 2.45) is 0 Å². The van der Waals surface area contributed by atoms with Crippen molar-refractivity contribution >= 4 is 28.8 Å². The first kappa shape index (κ1) is 11.6. The number of rotatable bonds is 2. The first-order valence-electron chi connectivity index (χ1n) is 4.70. The smallest absolute Gasteiger partial charge is 0.182 e. The highest BCUT2D eigenvalue weighted by atomic mass is 35.5. The van der Waals surface area contributed by atoms with Crippen molar-refractivity contribution in [1.29, 1.82) is 0 Å². The number of hydrogen-bond acceptors (Lipinski definition) is 3. The maximum atomic E-state index is 13.4. The Bertz CT molecular complexity index is 560. The van der Waals surface area contributed by atoms with E-state index >= 15 is 0 Å². The second kappa shape index (κ2) is 4.55. The second-order valence-electron chi connectivity index (χ2n) is 3.32. The fourth-order valence-corrected chi connectivity index (χ4v) is 1.45. The lowest BCUT2D eigenvalue weighted by molar-refractivity contribution is 0.511. The molecule has 0 fully saturated rings. The molecule has 17 heavy (non-hydrogen) atoms. The van der Waals surface area contributed by atoms with E-state index in [9.17, 15) is 8.78 Å². The second-order valence-corrected chi connectivity index (χ2v) is 3.75. The van der Waals surface area contributed by atoms with Gasteiger partial charge in [-0.05, 0) is 18.2 Å². The van der Waals surface area contributed by atoms with E-state index < -0.39 is 11.6 Å². The summed E-state index contributed by atoms with van der Waals surface area (Å²) in [6.07, 6.45) is 1.36. The summed E-state index contributed by atoms with van der Waals surface area (Å²) in [6, 6.07) is 5.26. The predicted octanol–water partition coefficient (Wildman–Crippen LogP) is 3.34. The Morgan fingerprint density at radius 2 is 2.06 bits per heavy atom. The van der Waals surface area contributed by atoms with Crippen LogP contribution in [0.3, 0.4) is 0 Å². The first-order valence-corrected chi connectivity index (χ1v) is 5.08. The molecule has 6 heteroatoms. The van der Waals surface area contributed by atoms with Crippen molar-refractivity contribution in [2.45, 2.75) is 0 Å². The molecule has 0 amide bonds. The predicted molar refractivity (Wildman–Crippen MR) is 63.3 cm³/mol. The Balaban J connectivity index is 2.35. The van der Waals surface area contributed by atoms with E-state index in [1.807, 2.05) is 0 Å². The molecule has 0 aliphatic carbocycles. The SMILES string of the molecule is Nc1cc(Cl)cnc1Nc1cccc(F)c1F. The molecule has 0 spiro atoms. The topological polar surface area (TPSA) is 50.9 Å². The van der Waals surface area contributed by atoms with Gasteiger partial charge >= 0.3 is 0 Å². The lowest BCUT2D eigenvalue weighted by Gasteiger charge is -2.09. The zero-order valence-corrected chi connectivity index (χ0v) is 9.30. The van der Waals surface area contributed by atoms with Crippen molar-refractivity contribution < 1.29 is 8.78 Å². The van der Waals surface area contributed by atoms with Gasteiger partial charge in [-0.2, -0.15) is 0 Å². The first-order chi connectivity index (χ1) is 8.08. The Labute approximate surface area is 101 Å². The monoisotopic (exact) mass is 255 g/mol. The van der Waals surface area contributed by atoms with Crippen LogP contribution in [-0.2, 0) is 0 Å². The minimum atomic E-state index is -0.983. The minimum Gasteiger partial charge on any atom is -0.396 e. The molecule has 0 radical (unpaired) electrons. The molecule has 1 heterocycles. The number of pyridine rings is 1. The zero-order valence-electron chi connectivity index (χ0n) is 8.55. The van der Waals surface area contributed by atoms with Gasteiger partial charge in [0, 0.05) is 6.20 Å². The quantitative estimate of drug-likeness (QED) is 0.865. The normalized spacial score (nSPS) is 10.3. The Morgan fingerprint density at radius 3 is 2.76 bits per heavy atom. The number of hydrogen-bond donors (Lipinski definition) is 2. The van der Waals surface area contributed by atoms with Crippen LogP contribution in [0.2, 0.25) is 5.02 Å². The number of halogens is 3. The van der Waals surface area contributed by atoms with E-state index in [2.05, 4.69) is 10.3 Å². The summed E-state index contributed by atoms with van der Waals surface area (Å²) in [5.41, 5.74) is 5.85. The standard InChI is InChI=1S/C11H8ClF2N3/c12-6-4-8(15)11(16-5-6)17-9-3-1-2-7(13)10(9)14/h1-5H,15H2,(H,16,17). The van der Waals surface area contributed by atoms with Crippen LogP contribution in [0.1, 0.15) is 0 Å². The van der Waals surface area contributed by atoms with E-state index in [0.29, 0.717) is 5.02 Å². The molecule has 0 atom stereocenters. The van der Waals surface area contributed by atoms with Crippen molar-refractivity contribution in [3.05, 3.63) is 47.1 Å². The minimum absolute atomic E-state index is 0.0356. The van der Waals surface area contributed by atoms with E-state index in [1.54, 1.807) is 0 Å². The summed E-state index contributed by atoms with van der Waals surface area (Å²) < 4.78 is 26.3. The van der Waals surface area contributed by atoms with Crippen LogP contribution in [0.15, 0.2) is 30.5 Å². The average molecular weight is 256 g/mol. The third-order valence-electron chi connectivity index (χ3n) is 2.09. The lowest BCUT2D eigenvalue weighted by Crippen LogP contribution is -2.01. The molecule has 0 unspecified atom stereocenters. The fraction of sp³-hybridized carbons (Fsp3) is 0. The van der Waals surface area contributed by atoms with Crippen LogP contribution in [0, 0.1) is 11.6 Å². The molecule has 1 aromatic heterocycles. The summed E-state index contributed by atoms with van der Waals surface area (Å²) in [7, 11) is 0. The highest BCUT2D eigenvalue weighted by molar-refractivity contribution is 6.30. The molecule has 0 aliphatic heterocycles. The van der Waals surface area contributed by atoms with Crippen LogP contribution in [-0.4, -0.2) is 4.98 Å². The van der Waals surface area contributed by atoms with Crippen molar-refractivity contribution in [1.82, 2.24) is 4.98 Å². The highest BCUT2D eigenvalue weighted by Crippen LogP contribution is 2.25. The number of nitrogens with zero attached hydrogens (tertiary/aromatic N) is 1. The summed E-state index contributed by atoms with van der Waals surface area (Å²) in [5, 5.41) is 2.97. The van der Waals surface area contributed by atoms with Gasteiger partial charge in [0.1, 0.15) is 0 Å². The molecule has 3 nitrogen and oxygen atoms in total. The number of aromatic nitrogens is 1. The molecule has 1 aromatic carbocycles. The van der Waals surface area contributed by atoms with Crippen LogP contribution in [0.5, 0.6) is 0 Å². The third-order valence-corrected chi connectivity index (χ3v) is 2.30. The summed E-state index contributed by atoms with van der Waals surface area (Å²) in [4.78, 5) is 3.89. The van der Waals surface area contributed by atoms with Crippen LogP contribution < -0.4 is 11.1 Å². The molecule has 0 bridgehead atoms. The number of nitrogens with one attached hydrogen (secondary N) is 1. The number of nitrogens with two attached hydrogens (primary N) is 1. The lowest BCUT2D eigenvalue weighted by atomic mass is 10.3. The molecule has 0 saturated heterocycles. The third kappa shape index (κ3) is 2.45. The molecule has 88 valence electrons. The number of benzene rings is 1. The van der Waals surface area contributed by atoms with Crippen molar-refractivity contribution in [2.75, 3.05) is 11.1 Å². The molecule has 0 aliphatic rings. The largest absolute Gasteiger partial charge is 0.396 e. The van der Waals surface area contributed by atoms with Gasteiger partial charge in [0.05, 0.1) is 16.4 Å². The Hall–Kier alpha value is -1.88. The average Bonchev–Trinajstić information content (AvgIpc) is 2.28. The molecule has 2 rings (SSSR count). The van der Waals surface area contributed by atoms with E-state index in [4.69, 9.17) is 17.3 Å². The number of nitrogen functional groups attached to an aromatic ring is 1. The number of anilines is 3. The molecule has 2 aromatic rings. The van der Waals surface area contributed by atoms with Gasteiger partial charge in [0.2, 0.25) is 0 Å². The van der Waals surface area contributed by atoms with E-state index in [1.165, 1.54) is 24.4 Å². The van der Waals surface area contributed by atoms with Crippen LogP contribution >= 0.6 is 11.6 Å². The van der Waals surface area contributed by atoms with Gasteiger partial charge in [-0.1, -0.05) is 17.7 Å². The summed E-state index contributed by atoms with van der Waals surface area (Å²) in [5.74, 6) is -1.70. The molecule has 0 saturated carbocycles. The molecular formula is C11H8ClF2N3. The fourth-order valence-electron chi connectivity index (χ4n) is 1.29. The van der Waals surface area contributed by atoms with Gasteiger partial charge in [-0.15, -0.1) is 0 Å². The van der Waals surface area contributed by atoms with E-state index in [0.717, 1.165) is 6.07 Å². The molecule has 3 N–H and O–H groups in total. The maximum Gasteiger partial charge on any atom is 0.182 e. The van der Waals surface area contributed by atoms with Gasteiger partial charge in [-0.3, -0.25) is 0 Å². The summed E-state index contributed by atoms with van der Waals surface area (Å²) in [6.45, 7) is 0. The maximum absolute atomic E-state index is 13.4. The van der Waals surface area contributed by atoms with Gasteiger partial charge in [0.25, 0.3) is 0 Å². The van der Waals surface area contributed by atoms with Gasteiger partial charge in [0.15, 0.2) is 17.5 Å². The van der Waals surface area contributed by atoms with Crippen LogP contribution in [0.25, 0.3) is 0 Å². The summed E-state index contributed by atoms with van der Waals surface area (Å²) >= 11 is 5.67. The van der Waals surface area contributed by atoms with Crippen molar-refractivity contribution in [3.8, 4) is 0 Å². The van der Waals surface area contributed by atoms with Crippen molar-refractivity contribution in [3.63, 3.8) is 0 Å². The van der Waals surface area contributed by atoms with E-state index in [-0.39, 0.29) is 17.2 Å². The highest BCUT2D eigenvalue weighted by Gasteiger charge is 2.09. The van der Waals surface area contributed by atoms with Gasteiger partial charge < -0.3 is 11.1 Å². The van der Waals surface area contributed by atoms with Crippen LogP contribution in [0.4, 0.5) is 26.0 Å². The zero-order chi connectivity index (χ0) is 12.4. The molecular weight excluding hydrogens is 248 g/mol. The van der Waals surface area contributed by atoms with Gasteiger partial charge in [-0.25, -0.2) is 13.8 Å².